The number of carboxylic acids is 1. The fourth-order valence-corrected chi connectivity index (χ4v) is 1.32. The van der Waals surface area contributed by atoms with Crippen LogP contribution in [0.3, 0.4) is 0 Å². The lowest BCUT2D eigenvalue weighted by molar-refractivity contribution is -0.143. The number of carbonyl (C=O) groups is 1. The van der Waals surface area contributed by atoms with E-state index in [1.54, 1.807) is 0 Å². The number of rotatable bonds is 6. The van der Waals surface area contributed by atoms with E-state index in [4.69, 9.17) is 10.4 Å². The van der Waals surface area contributed by atoms with Crippen LogP contribution in [-0.4, -0.2) is 35.1 Å². The topological polar surface area (TPSA) is 64.3 Å². The number of hydrogen-bond donors (Lipinski definition) is 1. The number of nitrogens with zero attached hydrogens (tertiary/aromatic N) is 2. The second-order valence-electron chi connectivity index (χ2n) is 2.80. The van der Waals surface area contributed by atoms with Gasteiger partial charge in [-0.05, 0) is 13.0 Å². The van der Waals surface area contributed by atoms with Crippen molar-refractivity contribution in [3.8, 4) is 6.07 Å². The van der Waals surface area contributed by atoms with Crippen molar-refractivity contribution in [2.45, 2.75) is 32.7 Å². The molecule has 0 saturated carbocycles. The van der Waals surface area contributed by atoms with Crippen molar-refractivity contribution in [1.29, 1.82) is 5.26 Å². The van der Waals surface area contributed by atoms with Crippen LogP contribution >= 0.6 is 0 Å². The molecule has 74 valence electrons. The van der Waals surface area contributed by atoms with Crippen LogP contribution in [0.4, 0.5) is 0 Å². The zero-order valence-electron chi connectivity index (χ0n) is 8.16. The van der Waals surface area contributed by atoms with Gasteiger partial charge in [-0.3, -0.25) is 9.69 Å². The van der Waals surface area contributed by atoms with E-state index in [1.807, 2.05) is 24.8 Å². The van der Waals surface area contributed by atoms with Crippen molar-refractivity contribution < 1.29 is 9.90 Å². The molecular formula is C9H16N2O2. The molecule has 0 fully saturated rings. The van der Waals surface area contributed by atoms with E-state index in [2.05, 4.69) is 0 Å². The third-order valence-electron chi connectivity index (χ3n) is 2.03. The second-order valence-corrected chi connectivity index (χ2v) is 2.80. The summed E-state index contributed by atoms with van der Waals surface area (Å²) in [7, 11) is 0. The molecule has 0 rings (SSSR count). The lowest BCUT2D eigenvalue weighted by Crippen LogP contribution is -2.41. The highest BCUT2D eigenvalue weighted by Gasteiger charge is 2.21. The Balaban J connectivity index is 4.18. The maximum absolute atomic E-state index is 10.8. The molecule has 0 aromatic carbocycles. The van der Waals surface area contributed by atoms with Gasteiger partial charge in [0.15, 0.2) is 0 Å². The van der Waals surface area contributed by atoms with Gasteiger partial charge in [-0.1, -0.05) is 13.8 Å². The Bertz CT molecular complexity index is 198. The van der Waals surface area contributed by atoms with Gasteiger partial charge in [-0.25, -0.2) is 0 Å². The standard InChI is InChI=1S/C9H16N2O2/c1-3-8(9(12)13)11(4-2)7-5-6-10/h8H,3-5,7H2,1-2H3,(H,12,13). The van der Waals surface area contributed by atoms with Gasteiger partial charge in [-0.2, -0.15) is 5.26 Å². The molecule has 1 atom stereocenters. The number of carboxylic acid groups (broad SMARTS) is 1. The van der Waals surface area contributed by atoms with Gasteiger partial charge < -0.3 is 5.11 Å². The molecule has 0 saturated heterocycles. The van der Waals surface area contributed by atoms with Gasteiger partial charge in [0.25, 0.3) is 0 Å². The van der Waals surface area contributed by atoms with E-state index in [0.717, 1.165) is 0 Å². The first-order valence-corrected chi connectivity index (χ1v) is 4.51. The normalized spacial score (nSPS) is 12.5. The highest BCUT2D eigenvalue weighted by atomic mass is 16.4. The van der Waals surface area contributed by atoms with Crippen LogP contribution in [-0.2, 0) is 4.79 Å². The summed E-state index contributed by atoms with van der Waals surface area (Å²) in [6, 6.07) is 1.57. The van der Waals surface area contributed by atoms with Crippen molar-refractivity contribution in [3.05, 3.63) is 0 Å². The summed E-state index contributed by atoms with van der Waals surface area (Å²) >= 11 is 0. The summed E-state index contributed by atoms with van der Waals surface area (Å²) < 4.78 is 0. The van der Waals surface area contributed by atoms with Gasteiger partial charge in [0.1, 0.15) is 6.04 Å². The van der Waals surface area contributed by atoms with Crippen LogP contribution in [0.1, 0.15) is 26.7 Å². The fraction of sp³-hybridized carbons (Fsp3) is 0.778. The Hall–Kier alpha value is -1.08. The average Bonchev–Trinajstić information content (AvgIpc) is 2.11. The molecule has 0 radical (unpaired) electrons. The zero-order valence-corrected chi connectivity index (χ0v) is 8.16. The third-order valence-corrected chi connectivity index (χ3v) is 2.03. The van der Waals surface area contributed by atoms with E-state index in [1.165, 1.54) is 0 Å². The SMILES string of the molecule is CCC(C(=O)O)N(CC)CCC#N. The van der Waals surface area contributed by atoms with Crippen molar-refractivity contribution in [3.63, 3.8) is 0 Å². The second kappa shape index (κ2) is 6.44. The molecule has 0 bridgehead atoms. The first-order chi connectivity index (χ1) is 6.17. The predicted octanol–water partition coefficient (Wildman–Crippen LogP) is 1.09. The van der Waals surface area contributed by atoms with Crippen LogP contribution in [0.5, 0.6) is 0 Å². The van der Waals surface area contributed by atoms with E-state index in [-0.39, 0.29) is 0 Å². The number of aliphatic carboxylic acids is 1. The summed E-state index contributed by atoms with van der Waals surface area (Å²) in [5.41, 5.74) is 0. The van der Waals surface area contributed by atoms with Crippen molar-refractivity contribution in [2.24, 2.45) is 0 Å². The largest absolute Gasteiger partial charge is 0.480 e. The lowest BCUT2D eigenvalue weighted by Gasteiger charge is -2.25. The van der Waals surface area contributed by atoms with Crippen molar-refractivity contribution in [2.75, 3.05) is 13.1 Å². The van der Waals surface area contributed by atoms with Gasteiger partial charge in [-0.15, -0.1) is 0 Å². The van der Waals surface area contributed by atoms with Crippen molar-refractivity contribution in [1.82, 2.24) is 4.90 Å². The smallest absolute Gasteiger partial charge is 0.320 e. The average molecular weight is 184 g/mol. The van der Waals surface area contributed by atoms with E-state index < -0.39 is 12.0 Å². The monoisotopic (exact) mass is 184 g/mol. The minimum absolute atomic E-state index is 0.387. The number of likely N-dealkylation sites (N-methyl/N-ethyl adjacent to an activating group) is 1. The molecule has 0 heterocycles. The molecule has 0 aromatic heterocycles. The van der Waals surface area contributed by atoms with E-state index >= 15 is 0 Å². The first kappa shape index (κ1) is 11.9. The number of hydrogen-bond acceptors (Lipinski definition) is 3. The molecule has 0 aliphatic rings. The molecule has 13 heavy (non-hydrogen) atoms. The van der Waals surface area contributed by atoms with Crippen LogP contribution in [0.2, 0.25) is 0 Å². The fourth-order valence-electron chi connectivity index (χ4n) is 1.32. The van der Waals surface area contributed by atoms with Crippen molar-refractivity contribution >= 4 is 5.97 Å². The predicted molar refractivity (Wildman–Crippen MR) is 49.2 cm³/mol. The minimum Gasteiger partial charge on any atom is -0.480 e. The molecular weight excluding hydrogens is 168 g/mol. The number of nitriles is 1. The summed E-state index contributed by atoms with van der Waals surface area (Å²) in [6.07, 6.45) is 0.965. The van der Waals surface area contributed by atoms with Gasteiger partial charge in [0.2, 0.25) is 0 Å². The Morgan fingerprint density at radius 3 is 2.54 bits per heavy atom. The Kier molecular flexibility index (Phi) is 5.90. The van der Waals surface area contributed by atoms with Gasteiger partial charge >= 0.3 is 5.97 Å². The molecule has 0 aliphatic heterocycles. The summed E-state index contributed by atoms with van der Waals surface area (Å²) in [4.78, 5) is 12.6. The Morgan fingerprint density at radius 2 is 2.23 bits per heavy atom. The first-order valence-electron chi connectivity index (χ1n) is 4.51. The van der Waals surface area contributed by atoms with Gasteiger partial charge in [0, 0.05) is 13.0 Å². The highest BCUT2D eigenvalue weighted by Crippen LogP contribution is 2.04. The molecule has 4 nitrogen and oxygen atoms in total. The summed E-state index contributed by atoms with van der Waals surface area (Å²) in [5, 5.41) is 17.2. The molecule has 1 N–H and O–H groups in total. The molecule has 0 spiro atoms. The van der Waals surface area contributed by atoms with Crippen LogP contribution < -0.4 is 0 Å². The maximum atomic E-state index is 10.8. The Labute approximate surface area is 78.8 Å². The maximum Gasteiger partial charge on any atom is 0.320 e. The minimum atomic E-state index is -0.803. The summed E-state index contributed by atoms with van der Waals surface area (Å²) in [6.45, 7) is 4.96. The van der Waals surface area contributed by atoms with Crippen LogP contribution in [0, 0.1) is 11.3 Å². The Morgan fingerprint density at radius 1 is 1.62 bits per heavy atom. The molecule has 0 aliphatic carbocycles. The molecule has 1 unspecified atom stereocenters. The molecule has 0 aromatic rings. The van der Waals surface area contributed by atoms with E-state index in [0.29, 0.717) is 25.9 Å². The highest BCUT2D eigenvalue weighted by molar-refractivity contribution is 5.73. The quantitative estimate of drug-likeness (QED) is 0.671. The van der Waals surface area contributed by atoms with Gasteiger partial charge in [0.05, 0.1) is 6.07 Å². The van der Waals surface area contributed by atoms with Crippen LogP contribution in [0.15, 0.2) is 0 Å². The zero-order chi connectivity index (χ0) is 10.3. The lowest BCUT2D eigenvalue weighted by atomic mass is 10.2. The van der Waals surface area contributed by atoms with E-state index in [9.17, 15) is 4.79 Å². The summed E-state index contributed by atoms with van der Waals surface area (Å²) in [5.74, 6) is -0.803. The third kappa shape index (κ3) is 3.90. The molecule has 0 amide bonds. The molecule has 4 heteroatoms. The van der Waals surface area contributed by atoms with Crippen LogP contribution in [0.25, 0.3) is 0 Å².